The quantitative estimate of drug-likeness (QED) is 0.699. The van der Waals surface area contributed by atoms with Crippen LogP contribution in [0.2, 0.25) is 0 Å². The summed E-state index contributed by atoms with van der Waals surface area (Å²) in [6, 6.07) is 0.604. The number of carbonyl (C=O) groups excluding carboxylic acids is 1. The van der Waals surface area contributed by atoms with Crippen LogP contribution in [-0.4, -0.2) is 30.3 Å². The summed E-state index contributed by atoms with van der Waals surface area (Å²) in [5.74, 6) is 0. The Hall–Kier alpha value is -0.770. The molecule has 0 heterocycles. The molecular formula is C17H34N2O2. The number of ether oxygens (including phenoxy) is 1. The Kier molecular flexibility index (Phi) is 8.09. The molecule has 1 fully saturated rings. The second-order valence-corrected chi connectivity index (χ2v) is 7.16. The number of hydrogen-bond acceptors (Lipinski definition) is 3. The van der Waals surface area contributed by atoms with Crippen molar-refractivity contribution in [3.63, 3.8) is 0 Å². The Bertz CT molecular complexity index is 300. The van der Waals surface area contributed by atoms with E-state index in [1.807, 2.05) is 20.8 Å². The Morgan fingerprint density at radius 1 is 1.10 bits per heavy atom. The molecule has 0 aromatic heterocycles. The van der Waals surface area contributed by atoms with E-state index in [2.05, 4.69) is 17.6 Å². The molecular weight excluding hydrogens is 264 g/mol. The van der Waals surface area contributed by atoms with Gasteiger partial charge in [-0.3, -0.25) is 0 Å². The lowest BCUT2D eigenvalue weighted by Crippen LogP contribution is -2.52. The molecule has 1 aliphatic rings. The van der Waals surface area contributed by atoms with E-state index in [1.165, 1.54) is 38.5 Å². The van der Waals surface area contributed by atoms with Crippen molar-refractivity contribution < 1.29 is 9.53 Å². The number of alkyl carbamates (subject to hydrolysis) is 1. The van der Waals surface area contributed by atoms with Crippen LogP contribution in [0.15, 0.2) is 0 Å². The highest BCUT2D eigenvalue weighted by Gasteiger charge is 2.27. The van der Waals surface area contributed by atoms with Crippen molar-refractivity contribution in [3.8, 4) is 0 Å². The lowest BCUT2D eigenvalue weighted by Gasteiger charge is -2.33. The fraction of sp³-hybridized carbons (Fsp3) is 0.941. The zero-order chi connectivity index (χ0) is 15.7. The van der Waals surface area contributed by atoms with Gasteiger partial charge in [-0.15, -0.1) is 0 Å². The predicted molar refractivity (Wildman–Crippen MR) is 87.6 cm³/mol. The molecule has 21 heavy (non-hydrogen) atoms. The molecule has 2 N–H and O–H groups in total. The van der Waals surface area contributed by atoms with Crippen LogP contribution >= 0.6 is 0 Å². The Labute approximate surface area is 130 Å². The van der Waals surface area contributed by atoms with Crippen LogP contribution in [0.1, 0.15) is 79.1 Å². The Morgan fingerprint density at radius 2 is 1.76 bits per heavy atom. The smallest absolute Gasteiger partial charge is 0.407 e. The molecule has 0 aromatic rings. The second kappa shape index (κ2) is 9.29. The van der Waals surface area contributed by atoms with Crippen molar-refractivity contribution in [2.45, 2.75) is 96.7 Å². The third-order valence-corrected chi connectivity index (χ3v) is 3.90. The summed E-state index contributed by atoms with van der Waals surface area (Å²) in [5.41, 5.74) is -0.429. The van der Waals surface area contributed by atoms with Gasteiger partial charge in [-0.25, -0.2) is 4.79 Å². The summed E-state index contributed by atoms with van der Waals surface area (Å²) in [4.78, 5) is 11.9. The van der Waals surface area contributed by atoms with Crippen molar-refractivity contribution in [2.24, 2.45) is 0 Å². The highest BCUT2D eigenvalue weighted by Crippen LogP contribution is 2.19. The van der Waals surface area contributed by atoms with Crippen LogP contribution in [0.4, 0.5) is 4.79 Å². The van der Waals surface area contributed by atoms with Gasteiger partial charge in [-0.2, -0.15) is 0 Å². The average Bonchev–Trinajstić information content (AvgIpc) is 2.38. The molecule has 0 radical (unpaired) electrons. The van der Waals surface area contributed by atoms with E-state index in [1.54, 1.807) is 0 Å². The molecule has 0 aliphatic heterocycles. The van der Waals surface area contributed by atoms with Crippen molar-refractivity contribution in [1.29, 1.82) is 0 Å². The van der Waals surface area contributed by atoms with Crippen molar-refractivity contribution in [3.05, 3.63) is 0 Å². The fourth-order valence-electron chi connectivity index (χ4n) is 2.85. The second-order valence-electron chi connectivity index (χ2n) is 7.16. The number of carbonyl (C=O) groups is 1. The molecule has 1 rings (SSSR count). The van der Waals surface area contributed by atoms with E-state index in [9.17, 15) is 4.79 Å². The first-order chi connectivity index (χ1) is 9.92. The maximum atomic E-state index is 11.9. The first-order valence-corrected chi connectivity index (χ1v) is 8.65. The Balaban J connectivity index is 2.33. The molecule has 0 bridgehead atoms. The highest BCUT2D eigenvalue weighted by atomic mass is 16.6. The maximum Gasteiger partial charge on any atom is 0.407 e. The third-order valence-electron chi connectivity index (χ3n) is 3.90. The predicted octanol–water partition coefficient (Wildman–Crippen LogP) is 3.99. The minimum atomic E-state index is -0.429. The van der Waals surface area contributed by atoms with E-state index >= 15 is 0 Å². The number of rotatable bonds is 7. The van der Waals surface area contributed by atoms with Gasteiger partial charge in [0.2, 0.25) is 0 Å². The van der Waals surface area contributed by atoms with Crippen molar-refractivity contribution in [1.82, 2.24) is 10.6 Å². The molecule has 0 saturated heterocycles. The number of unbranched alkanes of at least 4 members (excludes halogenated alkanes) is 3. The SMILES string of the molecule is CCCCCCN[C@@H]1CCCC[C@H]1NC(=O)OC(C)(C)C. The van der Waals surface area contributed by atoms with E-state index in [0.717, 1.165) is 19.4 Å². The van der Waals surface area contributed by atoms with Crippen LogP contribution in [0.5, 0.6) is 0 Å². The van der Waals surface area contributed by atoms with E-state index in [0.29, 0.717) is 6.04 Å². The van der Waals surface area contributed by atoms with Crippen LogP contribution in [0, 0.1) is 0 Å². The monoisotopic (exact) mass is 298 g/mol. The summed E-state index contributed by atoms with van der Waals surface area (Å²) in [5, 5.41) is 6.68. The molecule has 4 nitrogen and oxygen atoms in total. The fourth-order valence-corrected chi connectivity index (χ4v) is 2.85. The minimum absolute atomic E-state index is 0.208. The summed E-state index contributed by atoms with van der Waals surface area (Å²) in [7, 11) is 0. The van der Waals surface area contributed by atoms with Crippen LogP contribution in [0.3, 0.4) is 0 Å². The topological polar surface area (TPSA) is 50.4 Å². The lowest BCUT2D eigenvalue weighted by atomic mass is 9.90. The zero-order valence-electron chi connectivity index (χ0n) is 14.3. The first kappa shape index (κ1) is 18.3. The van der Waals surface area contributed by atoms with Gasteiger partial charge in [0.15, 0.2) is 0 Å². The molecule has 1 aliphatic carbocycles. The third kappa shape index (κ3) is 8.30. The number of amides is 1. The maximum absolute atomic E-state index is 11.9. The zero-order valence-corrected chi connectivity index (χ0v) is 14.3. The molecule has 0 aromatic carbocycles. The van der Waals surface area contributed by atoms with E-state index in [4.69, 9.17) is 4.74 Å². The number of nitrogens with one attached hydrogen (secondary N) is 2. The molecule has 1 saturated carbocycles. The van der Waals surface area contributed by atoms with Gasteiger partial charge in [-0.1, -0.05) is 39.0 Å². The molecule has 0 spiro atoms. The summed E-state index contributed by atoms with van der Waals surface area (Å²) >= 11 is 0. The summed E-state index contributed by atoms with van der Waals surface area (Å²) in [6.45, 7) is 8.98. The van der Waals surface area contributed by atoms with Gasteiger partial charge in [-0.05, 0) is 46.6 Å². The van der Waals surface area contributed by atoms with Gasteiger partial charge in [0, 0.05) is 12.1 Å². The average molecular weight is 298 g/mol. The van der Waals surface area contributed by atoms with E-state index in [-0.39, 0.29) is 12.1 Å². The van der Waals surface area contributed by atoms with Crippen molar-refractivity contribution >= 4 is 6.09 Å². The van der Waals surface area contributed by atoms with Gasteiger partial charge in [0.05, 0.1) is 0 Å². The minimum Gasteiger partial charge on any atom is -0.444 e. The normalized spacial score (nSPS) is 22.9. The molecule has 0 unspecified atom stereocenters. The first-order valence-electron chi connectivity index (χ1n) is 8.65. The largest absolute Gasteiger partial charge is 0.444 e. The van der Waals surface area contributed by atoms with Gasteiger partial charge >= 0.3 is 6.09 Å². The van der Waals surface area contributed by atoms with Crippen LogP contribution in [0.25, 0.3) is 0 Å². The van der Waals surface area contributed by atoms with E-state index < -0.39 is 5.60 Å². The highest BCUT2D eigenvalue weighted by molar-refractivity contribution is 5.68. The Morgan fingerprint density at radius 3 is 2.38 bits per heavy atom. The molecule has 4 heteroatoms. The van der Waals surface area contributed by atoms with Gasteiger partial charge in [0.1, 0.15) is 5.60 Å². The van der Waals surface area contributed by atoms with Crippen LogP contribution < -0.4 is 10.6 Å². The molecule has 2 atom stereocenters. The molecule has 1 amide bonds. The standard InChI is InChI=1S/C17H34N2O2/c1-5-6-7-10-13-18-14-11-8-9-12-15(14)19-16(20)21-17(2,3)4/h14-15,18H,5-13H2,1-4H3,(H,19,20)/t14-,15-/m1/s1. The lowest BCUT2D eigenvalue weighted by molar-refractivity contribution is 0.0479. The summed E-state index contributed by atoms with van der Waals surface area (Å²) < 4.78 is 5.37. The van der Waals surface area contributed by atoms with Crippen molar-refractivity contribution in [2.75, 3.05) is 6.54 Å². The molecule has 124 valence electrons. The van der Waals surface area contributed by atoms with Crippen LogP contribution in [-0.2, 0) is 4.74 Å². The number of hydrogen-bond donors (Lipinski definition) is 2. The van der Waals surface area contributed by atoms with Gasteiger partial charge in [0.25, 0.3) is 0 Å². The van der Waals surface area contributed by atoms with Gasteiger partial charge < -0.3 is 15.4 Å². The summed E-state index contributed by atoms with van der Waals surface area (Å²) in [6.07, 6.45) is 9.45.